The Hall–Kier alpha value is -2.47. The van der Waals surface area contributed by atoms with Crippen LogP contribution in [0.5, 0.6) is 0 Å². The number of amides is 1. The van der Waals surface area contributed by atoms with Gasteiger partial charge in [-0.15, -0.1) is 0 Å². The zero-order chi connectivity index (χ0) is 16.0. The van der Waals surface area contributed by atoms with Gasteiger partial charge in [0.15, 0.2) is 5.65 Å². The largest absolute Gasteiger partial charge is 0.330 e. The van der Waals surface area contributed by atoms with Gasteiger partial charge in [-0.25, -0.2) is 9.50 Å². The lowest BCUT2D eigenvalue weighted by molar-refractivity contribution is -0.123. The molecule has 0 N–H and O–H groups in total. The van der Waals surface area contributed by atoms with Crippen molar-refractivity contribution < 1.29 is 4.79 Å². The molecule has 4 heterocycles. The minimum atomic E-state index is -0.654. The van der Waals surface area contributed by atoms with Crippen LogP contribution in [0.4, 0.5) is 0 Å². The lowest BCUT2D eigenvalue weighted by atomic mass is 9.81. The van der Waals surface area contributed by atoms with Crippen LogP contribution in [0.15, 0.2) is 36.9 Å². The first-order valence-electron chi connectivity index (χ1n) is 7.30. The molecular formula is C16H14ClN5O. The number of carbonyl (C=O) groups excluding carboxylic acids is 1. The quantitative estimate of drug-likeness (QED) is 0.676. The van der Waals surface area contributed by atoms with Gasteiger partial charge in [0.05, 0.1) is 16.9 Å². The van der Waals surface area contributed by atoms with Crippen molar-refractivity contribution in [2.75, 3.05) is 6.54 Å². The van der Waals surface area contributed by atoms with Crippen molar-refractivity contribution in [3.8, 4) is 0 Å². The summed E-state index contributed by atoms with van der Waals surface area (Å²) in [6.07, 6.45) is 8.57. The fourth-order valence-corrected chi connectivity index (χ4v) is 3.40. The summed E-state index contributed by atoms with van der Waals surface area (Å²) in [5.74, 6) is 0. The first kappa shape index (κ1) is 14.1. The summed E-state index contributed by atoms with van der Waals surface area (Å²) in [6, 6.07) is 3.85. The number of rotatable bonds is 2. The molecule has 6 nitrogen and oxygen atoms in total. The van der Waals surface area contributed by atoms with E-state index >= 15 is 0 Å². The van der Waals surface area contributed by atoms with Crippen LogP contribution >= 0.6 is 11.6 Å². The van der Waals surface area contributed by atoms with Gasteiger partial charge in [0.1, 0.15) is 5.54 Å². The Balaban J connectivity index is 1.96. The van der Waals surface area contributed by atoms with Crippen LogP contribution < -0.4 is 0 Å². The Bertz CT molecular complexity index is 908. The van der Waals surface area contributed by atoms with Gasteiger partial charge in [0.25, 0.3) is 0 Å². The molecule has 116 valence electrons. The van der Waals surface area contributed by atoms with Crippen LogP contribution in [0.1, 0.15) is 23.7 Å². The van der Waals surface area contributed by atoms with E-state index in [1.165, 1.54) is 0 Å². The van der Waals surface area contributed by atoms with Gasteiger partial charge in [-0.1, -0.05) is 11.6 Å². The van der Waals surface area contributed by atoms with Gasteiger partial charge in [-0.3, -0.25) is 9.78 Å². The van der Waals surface area contributed by atoms with Crippen LogP contribution in [-0.2, 0) is 16.8 Å². The van der Waals surface area contributed by atoms with Crippen molar-refractivity contribution in [1.82, 2.24) is 24.5 Å². The second-order valence-corrected chi connectivity index (χ2v) is 6.19. The second kappa shape index (κ2) is 5.03. The fourth-order valence-electron chi connectivity index (χ4n) is 3.26. The van der Waals surface area contributed by atoms with Crippen LogP contribution in [0.3, 0.4) is 0 Å². The van der Waals surface area contributed by atoms with Crippen molar-refractivity contribution in [3.05, 3.63) is 58.8 Å². The van der Waals surface area contributed by atoms with E-state index in [4.69, 9.17) is 11.6 Å². The molecule has 1 aliphatic rings. The van der Waals surface area contributed by atoms with E-state index in [-0.39, 0.29) is 0 Å². The molecule has 1 atom stereocenters. The maximum Gasteiger partial charge on any atom is 0.210 e. The summed E-state index contributed by atoms with van der Waals surface area (Å²) >= 11 is 5.99. The molecule has 0 aromatic carbocycles. The lowest BCUT2D eigenvalue weighted by Gasteiger charge is -2.42. The Morgan fingerprint density at radius 3 is 3.09 bits per heavy atom. The third-order valence-corrected chi connectivity index (χ3v) is 4.73. The molecule has 0 bridgehead atoms. The minimum Gasteiger partial charge on any atom is -0.330 e. The summed E-state index contributed by atoms with van der Waals surface area (Å²) in [4.78, 5) is 21.9. The number of fused-ring (bicyclic) bond motifs is 2. The Kier molecular flexibility index (Phi) is 3.09. The molecule has 0 saturated carbocycles. The van der Waals surface area contributed by atoms with E-state index < -0.39 is 5.54 Å². The topological polar surface area (TPSA) is 63.4 Å². The van der Waals surface area contributed by atoms with E-state index in [9.17, 15) is 4.79 Å². The summed E-state index contributed by atoms with van der Waals surface area (Å²) < 4.78 is 1.64. The smallest absolute Gasteiger partial charge is 0.210 e. The van der Waals surface area contributed by atoms with E-state index in [1.54, 1.807) is 28.0 Å². The zero-order valence-electron chi connectivity index (χ0n) is 12.5. The van der Waals surface area contributed by atoms with Gasteiger partial charge < -0.3 is 4.90 Å². The highest BCUT2D eigenvalue weighted by Gasteiger charge is 2.41. The third-order valence-electron chi connectivity index (χ3n) is 4.53. The summed E-state index contributed by atoms with van der Waals surface area (Å²) in [6.45, 7) is 2.63. The molecule has 0 spiro atoms. The molecule has 3 aromatic rings. The number of carbonyl (C=O) groups is 1. The minimum absolute atomic E-state index is 0.512. The van der Waals surface area contributed by atoms with Crippen molar-refractivity contribution in [1.29, 1.82) is 0 Å². The fraction of sp³-hybridized carbons (Fsp3) is 0.250. The molecule has 1 unspecified atom stereocenters. The standard InChI is InChI=1S/C16H14ClN5O/c1-16(14-6-15-19-8-12(17)9-22(15)20-14)13-2-4-18-7-11(13)3-5-21(16)10-23/h2,4,6-10H,3,5H2,1H3. The summed E-state index contributed by atoms with van der Waals surface area (Å²) in [5, 5.41) is 5.13. The number of hydrogen-bond acceptors (Lipinski definition) is 4. The number of nitrogens with zero attached hydrogens (tertiary/aromatic N) is 5. The van der Waals surface area contributed by atoms with Crippen molar-refractivity contribution in [3.63, 3.8) is 0 Å². The monoisotopic (exact) mass is 327 g/mol. The molecule has 0 saturated heterocycles. The Labute approximate surface area is 137 Å². The van der Waals surface area contributed by atoms with Gasteiger partial charge >= 0.3 is 0 Å². The van der Waals surface area contributed by atoms with Crippen molar-refractivity contribution in [2.45, 2.75) is 18.9 Å². The number of pyridine rings is 1. The van der Waals surface area contributed by atoms with Crippen LogP contribution in [0.25, 0.3) is 5.65 Å². The highest BCUT2D eigenvalue weighted by molar-refractivity contribution is 6.30. The molecule has 7 heteroatoms. The molecule has 0 aliphatic carbocycles. The molecule has 1 amide bonds. The zero-order valence-corrected chi connectivity index (χ0v) is 13.2. The van der Waals surface area contributed by atoms with Gasteiger partial charge in [-0.05, 0) is 30.5 Å². The number of aromatic nitrogens is 4. The average Bonchev–Trinajstić information content (AvgIpc) is 2.99. The van der Waals surface area contributed by atoms with Gasteiger partial charge in [0.2, 0.25) is 6.41 Å². The predicted octanol–water partition coefficient (Wildman–Crippen LogP) is 2.06. The molecular weight excluding hydrogens is 314 g/mol. The molecule has 1 aliphatic heterocycles. The lowest BCUT2D eigenvalue weighted by Crippen LogP contribution is -2.49. The molecule has 3 aromatic heterocycles. The Morgan fingerprint density at radius 2 is 2.26 bits per heavy atom. The normalized spacial score (nSPS) is 20.5. The first-order valence-corrected chi connectivity index (χ1v) is 7.67. The first-order chi connectivity index (χ1) is 11.1. The number of hydrogen-bond donors (Lipinski definition) is 0. The molecule has 23 heavy (non-hydrogen) atoms. The maximum atomic E-state index is 11.7. The van der Waals surface area contributed by atoms with E-state index in [2.05, 4.69) is 15.1 Å². The highest BCUT2D eigenvalue weighted by atomic mass is 35.5. The number of halogens is 1. The van der Waals surface area contributed by atoms with Crippen molar-refractivity contribution >= 4 is 23.7 Å². The van der Waals surface area contributed by atoms with E-state index in [0.29, 0.717) is 17.2 Å². The van der Waals surface area contributed by atoms with Crippen LogP contribution in [0, 0.1) is 0 Å². The van der Waals surface area contributed by atoms with Crippen LogP contribution in [0.2, 0.25) is 5.02 Å². The highest BCUT2D eigenvalue weighted by Crippen LogP contribution is 2.39. The molecule has 0 radical (unpaired) electrons. The average molecular weight is 328 g/mol. The van der Waals surface area contributed by atoms with Gasteiger partial charge in [0, 0.05) is 31.2 Å². The molecule has 4 rings (SSSR count). The van der Waals surface area contributed by atoms with E-state index in [0.717, 1.165) is 29.7 Å². The SMILES string of the molecule is CC1(c2cc3ncc(Cl)cn3n2)c2ccncc2CCN1C=O. The predicted molar refractivity (Wildman–Crippen MR) is 85.2 cm³/mol. The van der Waals surface area contributed by atoms with Gasteiger partial charge in [-0.2, -0.15) is 5.10 Å². The summed E-state index contributed by atoms with van der Waals surface area (Å²) in [5.41, 5.74) is 2.97. The van der Waals surface area contributed by atoms with Crippen LogP contribution in [-0.4, -0.2) is 37.4 Å². The second-order valence-electron chi connectivity index (χ2n) is 5.76. The summed E-state index contributed by atoms with van der Waals surface area (Å²) in [7, 11) is 0. The third kappa shape index (κ3) is 2.02. The maximum absolute atomic E-state index is 11.7. The van der Waals surface area contributed by atoms with E-state index in [1.807, 2.05) is 25.3 Å². The molecule has 0 fully saturated rings. The van der Waals surface area contributed by atoms with Crippen molar-refractivity contribution in [2.24, 2.45) is 0 Å². The Morgan fingerprint density at radius 1 is 1.39 bits per heavy atom.